The number of rotatable bonds is 5. The van der Waals surface area contributed by atoms with E-state index in [-0.39, 0.29) is 24.4 Å². The van der Waals surface area contributed by atoms with Crippen molar-refractivity contribution in [2.45, 2.75) is 6.54 Å². The van der Waals surface area contributed by atoms with Crippen LogP contribution in [0, 0.1) is 0 Å². The third-order valence-electron chi connectivity index (χ3n) is 5.49. The molecule has 2 aromatic heterocycles. The Bertz CT molecular complexity index is 1170. The van der Waals surface area contributed by atoms with Crippen LogP contribution in [0.4, 0.5) is 17.4 Å². The van der Waals surface area contributed by atoms with Crippen LogP contribution in [-0.4, -0.2) is 60.3 Å². The number of aromatic nitrogens is 3. The lowest BCUT2D eigenvalue weighted by molar-refractivity contribution is 0.0972. The van der Waals surface area contributed by atoms with Gasteiger partial charge in [0, 0.05) is 43.5 Å². The van der Waals surface area contributed by atoms with Gasteiger partial charge in [0.2, 0.25) is 0 Å². The van der Waals surface area contributed by atoms with E-state index in [1.807, 2.05) is 6.07 Å². The van der Waals surface area contributed by atoms with Crippen molar-refractivity contribution < 1.29 is 18.7 Å². The highest BCUT2D eigenvalue weighted by Gasteiger charge is 2.34. The highest BCUT2D eigenvalue weighted by atomic mass is 16.5. The van der Waals surface area contributed by atoms with Gasteiger partial charge < -0.3 is 24.7 Å². The fraction of sp³-hybridized carbons (Fsp3) is 0.286. The molecule has 0 aliphatic carbocycles. The molecule has 1 fully saturated rings. The molecular formula is C21H21N7O4. The Kier molecular flexibility index (Phi) is 5.15. The summed E-state index contributed by atoms with van der Waals surface area (Å²) in [5, 5.41) is 13.8. The maximum atomic E-state index is 12.8. The molecule has 2 aliphatic rings. The number of carbonyl (C=O) groups is 2. The van der Waals surface area contributed by atoms with E-state index in [1.54, 1.807) is 37.7 Å². The molecule has 11 heteroatoms. The second-order valence-corrected chi connectivity index (χ2v) is 7.35. The molecule has 3 aromatic rings. The number of benzene rings is 1. The van der Waals surface area contributed by atoms with Crippen LogP contribution in [0.1, 0.15) is 26.6 Å². The number of methoxy groups -OCH3 is 1. The molecule has 0 spiro atoms. The number of ether oxygens (including phenoxy) is 1. The molecule has 2 N–H and O–H groups in total. The van der Waals surface area contributed by atoms with Crippen molar-refractivity contribution in [3.8, 4) is 5.75 Å². The molecule has 0 atom stereocenters. The van der Waals surface area contributed by atoms with Crippen molar-refractivity contribution in [2.75, 3.05) is 48.4 Å². The first-order valence-corrected chi connectivity index (χ1v) is 10.2. The van der Waals surface area contributed by atoms with Gasteiger partial charge >= 0.3 is 17.8 Å². The van der Waals surface area contributed by atoms with Crippen molar-refractivity contribution in [1.82, 2.24) is 20.5 Å². The first-order valence-electron chi connectivity index (χ1n) is 10.2. The van der Waals surface area contributed by atoms with Crippen LogP contribution in [0.2, 0.25) is 0 Å². The van der Waals surface area contributed by atoms with E-state index in [1.165, 1.54) is 4.90 Å². The molecule has 32 heavy (non-hydrogen) atoms. The summed E-state index contributed by atoms with van der Waals surface area (Å²) in [5.41, 5.74) is 2.66. The normalized spacial score (nSPS) is 15.6. The number of nitrogens with zero attached hydrogens (tertiary/aromatic N) is 5. The number of nitrogens with one attached hydrogen (secondary N) is 2. The maximum Gasteiger partial charge on any atom is 0.326 e. The average Bonchev–Trinajstić information content (AvgIpc) is 3.45. The summed E-state index contributed by atoms with van der Waals surface area (Å²) in [6, 6.07) is 7.05. The summed E-state index contributed by atoms with van der Waals surface area (Å²) in [6.45, 7) is 3.58. The van der Waals surface area contributed by atoms with E-state index in [2.05, 4.69) is 30.7 Å². The zero-order valence-corrected chi connectivity index (χ0v) is 17.4. The molecule has 4 heterocycles. The van der Waals surface area contributed by atoms with Crippen molar-refractivity contribution in [1.29, 1.82) is 0 Å². The van der Waals surface area contributed by atoms with Gasteiger partial charge in [0.05, 0.1) is 31.2 Å². The Balaban J connectivity index is 1.34. The molecule has 0 bridgehead atoms. The van der Waals surface area contributed by atoms with Gasteiger partial charge in [-0.25, -0.2) is 0 Å². The van der Waals surface area contributed by atoms with Gasteiger partial charge in [-0.15, -0.1) is 5.10 Å². The zero-order valence-electron chi connectivity index (χ0n) is 17.4. The van der Waals surface area contributed by atoms with Crippen LogP contribution in [0.3, 0.4) is 0 Å². The van der Waals surface area contributed by atoms with Crippen LogP contribution in [-0.2, 0) is 6.54 Å². The number of anilines is 3. The van der Waals surface area contributed by atoms with Gasteiger partial charge in [0.1, 0.15) is 5.75 Å². The second kappa shape index (κ2) is 8.27. The lowest BCUT2D eigenvalue weighted by Crippen LogP contribution is -2.43. The SMILES string of the molecule is COc1cccc2c1CN(c1nnc(C(=O)Nc3cnccc3N3CCNCC3)o1)C2=O. The van der Waals surface area contributed by atoms with Crippen molar-refractivity contribution in [3.63, 3.8) is 0 Å². The van der Waals surface area contributed by atoms with Gasteiger partial charge in [0.25, 0.3) is 5.91 Å². The average molecular weight is 435 g/mol. The molecule has 2 amide bonds. The molecule has 164 valence electrons. The molecule has 5 rings (SSSR count). The number of fused-ring (bicyclic) bond motifs is 1. The van der Waals surface area contributed by atoms with Crippen LogP contribution in [0.25, 0.3) is 0 Å². The van der Waals surface area contributed by atoms with Gasteiger partial charge in [-0.05, 0) is 18.2 Å². The standard InChI is InChI=1S/C21H21N7O4/c1-31-17-4-2-3-13-14(17)12-28(20(13)30)21-26-25-19(32-21)18(29)24-15-11-23-6-5-16(15)27-9-7-22-8-10-27/h2-6,11,22H,7-10,12H2,1H3,(H,24,29). The molecule has 0 saturated carbocycles. The van der Waals surface area contributed by atoms with E-state index in [0.717, 1.165) is 37.4 Å². The van der Waals surface area contributed by atoms with Gasteiger partial charge in [0.15, 0.2) is 0 Å². The Morgan fingerprint density at radius 1 is 1.22 bits per heavy atom. The van der Waals surface area contributed by atoms with E-state index in [4.69, 9.17) is 9.15 Å². The van der Waals surface area contributed by atoms with Gasteiger partial charge in [-0.1, -0.05) is 11.2 Å². The Morgan fingerprint density at radius 2 is 2.06 bits per heavy atom. The largest absolute Gasteiger partial charge is 0.496 e. The lowest BCUT2D eigenvalue weighted by Gasteiger charge is -2.30. The number of piperazine rings is 1. The van der Waals surface area contributed by atoms with Crippen LogP contribution in [0.5, 0.6) is 5.75 Å². The second-order valence-electron chi connectivity index (χ2n) is 7.35. The lowest BCUT2D eigenvalue weighted by atomic mass is 10.1. The third-order valence-corrected chi connectivity index (χ3v) is 5.49. The summed E-state index contributed by atoms with van der Waals surface area (Å²) in [6.07, 6.45) is 3.27. The quantitative estimate of drug-likeness (QED) is 0.610. The van der Waals surface area contributed by atoms with E-state index >= 15 is 0 Å². The molecule has 1 aromatic carbocycles. The minimum Gasteiger partial charge on any atom is -0.496 e. The summed E-state index contributed by atoms with van der Waals surface area (Å²) in [7, 11) is 1.55. The van der Waals surface area contributed by atoms with Crippen LogP contribution in [0.15, 0.2) is 41.1 Å². The minimum atomic E-state index is -0.574. The van der Waals surface area contributed by atoms with Crippen LogP contribution < -0.4 is 25.2 Å². The van der Waals surface area contributed by atoms with Crippen molar-refractivity contribution in [3.05, 3.63) is 53.7 Å². The zero-order chi connectivity index (χ0) is 22.1. The van der Waals surface area contributed by atoms with Crippen molar-refractivity contribution in [2.24, 2.45) is 0 Å². The van der Waals surface area contributed by atoms with Crippen LogP contribution >= 0.6 is 0 Å². The predicted octanol–water partition coefficient (Wildman–Crippen LogP) is 1.30. The molecule has 2 aliphatic heterocycles. The number of amides is 2. The molecule has 0 unspecified atom stereocenters. The Labute approximate surface area is 183 Å². The molecule has 11 nitrogen and oxygen atoms in total. The van der Waals surface area contributed by atoms with E-state index < -0.39 is 5.91 Å². The van der Waals surface area contributed by atoms with Gasteiger partial charge in [-0.2, -0.15) is 0 Å². The maximum absolute atomic E-state index is 12.8. The fourth-order valence-electron chi connectivity index (χ4n) is 3.91. The summed E-state index contributed by atoms with van der Waals surface area (Å²) >= 11 is 0. The highest BCUT2D eigenvalue weighted by Crippen LogP contribution is 2.33. The minimum absolute atomic E-state index is 0.0491. The monoisotopic (exact) mass is 435 g/mol. The number of hydrogen-bond donors (Lipinski definition) is 2. The number of carbonyl (C=O) groups excluding carboxylic acids is 2. The first-order chi connectivity index (χ1) is 15.7. The topological polar surface area (TPSA) is 126 Å². The summed E-state index contributed by atoms with van der Waals surface area (Å²) in [4.78, 5) is 33.2. The molecule has 0 radical (unpaired) electrons. The van der Waals surface area contributed by atoms with Crippen molar-refractivity contribution >= 4 is 29.2 Å². The molecule has 1 saturated heterocycles. The Morgan fingerprint density at radius 3 is 2.88 bits per heavy atom. The fourth-order valence-corrected chi connectivity index (χ4v) is 3.91. The number of pyridine rings is 1. The summed E-state index contributed by atoms with van der Waals surface area (Å²) < 4.78 is 10.9. The number of hydrogen-bond acceptors (Lipinski definition) is 9. The smallest absolute Gasteiger partial charge is 0.326 e. The molecular weight excluding hydrogens is 414 g/mol. The van der Waals surface area contributed by atoms with E-state index in [9.17, 15) is 9.59 Å². The third kappa shape index (κ3) is 3.52. The Hall–Kier alpha value is -3.99. The predicted molar refractivity (Wildman–Crippen MR) is 115 cm³/mol. The van der Waals surface area contributed by atoms with Gasteiger partial charge in [-0.3, -0.25) is 19.5 Å². The van der Waals surface area contributed by atoms with E-state index in [0.29, 0.717) is 17.0 Å². The first kappa shape index (κ1) is 19.9. The summed E-state index contributed by atoms with van der Waals surface area (Å²) in [5.74, 6) is -0.503. The highest BCUT2D eigenvalue weighted by molar-refractivity contribution is 6.09.